The molecule has 2 heterocycles. The third-order valence-corrected chi connectivity index (χ3v) is 6.77. The van der Waals surface area contributed by atoms with Gasteiger partial charge in [-0.2, -0.15) is 0 Å². The van der Waals surface area contributed by atoms with Crippen LogP contribution in [-0.2, 0) is 16.4 Å². The number of anilines is 1. The molecule has 0 amide bonds. The molecular weight excluding hydrogens is 518 g/mol. The monoisotopic (exact) mass is 538 g/mol. The fourth-order valence-corrected chi connectivity index (χ4v) is 4.60. The number of aromatic nitrogens is 3. The van der Waals surface area contributed by atoms with Crippen LogP contribution in [0.15, 0.2) is 63.8 Å². The zero-order chi connectivity index (χ0) is 27.2. The molecule has 0 atom stereocenters. The van der Waals surface area contributed by atoms with Crippen molar-refractivity contribution in [2.24, 2.45) is 0 Å². The summed E-state index contributed by atoms with van der Waals surface area (Å²) in [6, 6.07) is 7.18. The highest BCUT2D eigenvalue weighted by Crippen LogP contribution is 2.37. The number of fused-ring (bicyclic) bond motifs is 1. The fourth-order valence-electron chi connectivity index (χ4n) is 4.06. The predicted octanol–water partition coefficient (Wildman–Crippen LogP) is 4.89. The van der Waals surface area contributed by atoms with Crippen LogP contribution in [0, 0.1) is 25.5 Å². The number of nitrogens with zero attached hydrogens (tertiary/aromatic N) is 3. The van der Waals surface area contributed by atoms with E-state index in [2.05, 4.69) is 21.5 Å². The summed E-state index contributed by atoms with van der Waals surface area (Å²) in [5.74, 6) is -1.21. The predicted molar refractivity (Wildman–Crippen MR) is 137 cm³/mol. The van der Waals surface area contributed by atoms with E-state index in [9.17, 15) is 22.0 Å². The summed E-state index contributed by atoms with van der Waals surface area (Å²) in [4.78, 5) is 13.0. The molecule has 0 saturated carbocycles. The number of hydrogen-bond acceptors (Lipinski definition) is 7. The summed E-state index contributed by atoms with van der Waals surface area (Å²) >= 11 is 0. The minimum atomic E-state index is -3.85. The van der Waals surface area contributed by atoms with Crippen molar-refractivity contribution >= 4 is 27.4 Å². The van der Waals surface area contributed by atoms with Gasteiger partial charge in [-0.1, -0.05) is 6.58 Å². The maximum atomic E-state index is 14.4. The van der Waals surface area contributed by atoms with Gasteiger partial charge in [-0.15, -0.1) is 10.2 Å². The van der Waals surface area contributed by atoms with Crippen LogP contribution < -0.4 is 14.9 Å². The molecule has 0 fully saturated rings. The molecule has 0 spiro atoms. The van der Waals surface area contributed by atoms with Crippen molar-refractivity contribution in [3.63, 3.8) is 0 Å². The molecular formula is C26H20F2N4O5S. The van der Waals surface area contributed by atoms with Crippen LogP contribution in [0.2, 0.25) is 0 Å². The molecule has 38 heavy (non-hydrogen) atoms. The molecule has 0 saturated heterocycles. The molecule has 1 aliphatic rings. The van der Waals surface area contributed by atoms with E-state index in [4.69, 9.17) is 9.15 Å². The molecule has 9 nitrogen and oxygen atoms in total. The van der Waals surface area contributed by atoms with Crippen LogP contribution in [0.25, 0.3) is 17.3 Å². The largest absolute Gasteiger partial charge is 0.452 e. The topological polar surface area (TPSA) is 116 Å². The lowest BCUT2D eigenvalue weighted by atomic mass is 10.1. The molecule has 0 radical (unpaired) electrons. The number of nitrogens with one attached hydrogen (secondary N) is 1. The van der Waals surface area contributed by atoms with Crippen molar-refractivity contribution in [2.45, 2.75) is 20.3 Å². The number of benzene rings is 2. The normalized spacial score (nSPS) is 12.7. The Kier molecular flexibility index (Phi) is 6.19. The van der Waals surface area contributed by atoms with Crippen molar-refractivity contribution < 1.29 is 26.4 Å². The Bertz CT molecular complexity index is 1810. The van der Waals surface area contributed by atoms with Gasteiger partial charge < -0.3 is 13.7 Å². The van der Waals surface area contributed by atoms with E-state index in [-0.39, 0.29) is 40.6 Å². The van der Waals surface area contributed by atoms with Gasteiger partial charge in [0.25, 0.3) is 10.0 Å². The summed E-state index contributed by atoms with van der Waals surface area (Å²) < 4.78 is 67.5. The van der Waals surface area contributed by atoms with E-state index in [0.717, 1.165) is 17.5 Å². The lowest BCUT2D eigenvalue weighted by Crippen LogP contribution is -2.18. The summed E-state index contributed by atoms with van der Waals surface area (Å²) in [6.45, 7) is 6.58. The van der Waals surface area contributed by atoms with Gasteiger partial charge in [-0.3, -0.25) is 9.52 Å². The van der Waals surface area contributed by atoms with Gasteiger partial charge in [0.15, 0.2) is 22.7 Å². The summed E-state index contributed by atoms with van der Waals surface area (Å²) in [5, 5.41) is 8.64. The zero-order valence-electron chi connectivity index (χ0n) is 20.2. The molecule has 2 aromatic carbocycles. The minimum absolute atomic E-state index is 0.109. The Hall–Kier alpha value is -4.58. The number of rotatable bonds is 7. The average Bonchev–Trinajstić information content (AvgIpc) is 3.51. The second-order valence-corrected chi connectivity index (χ2v) is 10.1. The minimum Gasteiger partial charge on any atom is -0.452 e. The van der Waals surface area contributed by atoms with Gasteiger partial charge in [0, 0.05) is 47.7 Å². The van der Waals surface area contributed by atoms with Gasteiger partial charge in [0.05, 0.1) is 17.1 Å². The summed E-state index contributed by atoms with van der Waals surface area (Å²) in [5.41, 5.74) is 2.19. The first-order valence-corrected chi connectivity index (χ1v) is 12.8. The molecule has 0 unspecified atom stereocenters. The maximum Gasteiger partial charge on any atom is 0.254 e. The Morgan fingerprint density at radius 3 is 2.58 bits per heavy atom. The molecule has 1 aliphatic carbocycles. The number of pyridine rings is 1. The second kappa shape index (κ2) is 9.38. The van der Waals surface area contributed by atoms with Crippen molar-refractivity contribution in [3.8, 4) is 17.2 Å². The standard InChI is InChI=1S/C26H20F2N4O5S/c1-4-38(34,35)31-18-6-8-24(37-23-7-5-17(27)11-20(23)28)22(12-18)32-13-14(2)25(33)19-9-16(10-21(19)32)26-30-29-15(3)36-26/h4-8,10-13,31H,1,9H2,2-3H3. The summed E-state index contributed by atoms with van der Waals surface area (Å²) in [6.07, 6.45) is 3.50. The van der Waals surface area contributed by atoms with E-state index >= 15 is 0 Å². The van der Waals surface area contributed by atoms with Crippen LogP contribution in [0.3, 0.4) is 0 Å². The van der Waals surface area contributed by atoms with E-state index in [1.807, 2.05) is 0 Å². The molecule has 194 valence electrons. The van der Waals surface area contributed by atoms with E-state index < -0.39 is 21.7 Å². The third kappa shape index (κ3) is 4.73. The number of aryl methyl sites for hydroxylation is 2. The first-order chi connectivity index (χ1) is 18.0. The number of hydrogen-bond donors (Lipinski definition) is 1. The van der Waals surface area contributed by atoms with Crippen molar-refractivity contribution in [1.82, 2.24) is 14.8 Å². The van der Waals surface area contributed by atoms with E-state index in [0.29, 0.717) is 34.4 Å². The number of halogens is 2. The van der Waals surface area contributed by atoms with Gasteiger partial charge in [0.1, 0.15) is 5.82 Å². The molecule has 5 rings (SSSR count). The molecule has 12 heteroatoms. The van der Waals surface area contributed by atoms with Crippen LogP contribution >= 0.6 is 0 Å². The van der Waals surface area contributed by atoms with Gasteiger partial charge in [0.2, 0.25) is 11.8 Å². The highest BCUT2D eigenvalue weighted by Gasteiger charge is 2.26. The summed E-state index contributed by atoms with van der Waals surface area (Å²) in [7, 11) is -3.85. The Balaban J connectivity index is 1.71. The lowest BCUT2D eigenvalue weighted by molar-refractivity contribution is 0.436. The van der Waals surface area contributed by atoms with Crippen LogP contribution in [0.1, 0.15) is 28.6 Å². The maximum absolute atomic E-state index is 14.4. The van der Waals surface area contributed by atoms with Crippen molar-refractivity contribution in [3.05, 3.63) is 105 Å². The first-order valence-electron chi connectivity index (χ1n) is 11.2. The van der Waals surface area contributed by atoms with Crippen molar-refractivity contribution in [1.29, 1.82) is 0 Å². The highest BCUT2D eigenvalue weighted by atomic mass is 32.2. The molecule has 4 aromatic rings. The number of sulfonamides is 1. The third-order valence-electron chi connectivity index (χ3n) is 5.81. The number of allylic oxidation sites excluding steroid dienone is 1. The van der Waals surface area contributed by atoms with Crippen LogP contribution in [0.5, 0.6) is 11.5 Å². The van der Waals surface area contributed by atoms with Crippen molar-refractivity contribution in [2.75, 3.05) is 4.72 Å². The van der Waals surface area contributed by atoms with Crippen LogP contribution in [-0.4, -0.2) is 23.2 Å². The Morgan fingerprint density at radius 2 is 1.89 bits per heavy atom. The van der Waals surface area contributed by atoms with Gasteiger partial charge in [-0.05, 0) is 43.3 Å². The van der Waals surface area contributed by atoms with Gasteiger partial charge in [-0.25, -0.2) is 17.2 Å². The molecule has 1 N–H and O–H groups in total. The van der Waals surface area contributed by atoms with Crippen LogP contribution in [0.4, 0.5) is 14.5 Å². The van der Waals surface area contributed by atoms with E-state index in [1.54, 1.807) is 30.7 Å². The quantitative estimate of drug-likeness (QED) is 0.356. The molecule has 0 aliphatic heterocycles. The second-order valence-electron chi connectivity index (χ2n) is 8.52. The fraction of sp³-hybridized carbons (Fsp3) is 0.115. The van der Waals surface area contributed by atoms with E-state index in [1.165, 1.54) is 18.2 Å². The Morgan fingerprint density at radius 1 is 1.13 bits per heavy atom. The smallest absolute Gasteiger partial charge is 0.254 e. The van der Waals surface area contributed by atoms with Gasteiger partial charge >= 0.3 is 0 Å². The SMILES string of the molecule is C=CS(=O)(=O)Nc1ccc(Oc2ccc(F)cc2F)c(-n2cc(C)c(=O)c3c2C=C(c2nnc(C)o2)C3)c1. The lowest BCUT2D eigenvalue weighted by Gasteiger charge is -2.19. The average molecular weight is 539 g/mol. The molecule has 0 bridgehead atoms. The number of ether oxygens (including phenoxy) is 1. The zero-order valence-corrected chi connectivity index (χ0v) is 21.0. The molecule has 2 aromatic heterocycles. The Labute approximate surface area is 215 Å². The highest BCUT2D eigenvalue weighted by molar-refractivity contribution is 7.95. The first kappa shape index (κ1) is 25.1.